The molecule has 2 amide bonds. The van der Waals surface area contributed by atoms with E-state index in [1.54, 1.807) is 30.3 Å². The zero-order chi connectivity index (χ0) is 18.2. The van der Waals surface area contributed by atoms with Crippen molar-refractivity contribution in [3.8, 4) is 0 Å². The topological polar surface area (TPSA) is 59.1 Å². The Hall–Kier alpha value is -2.41. The van der Waals surface area contributed by atoms with Crippen LogP contribution in [0.2, 0.25) is 5.02 Å². The van der Waals surface area contributed by atoms with E-state index in [4.69, 9.17) is 11.6 Å². The lowest BCUT2D eigenvalue weighted by molar-refractivity contribution is -0.138. The first-order valence-corrected chi connectivity index (χ1v) is 7.76. The second-order valence-corrected chi connectivity index (χ2v) is 6.11. The van der Waals surface area contributed by atoms with Crippen LogP contribution in [0.1, 0.15) is 29.7 Å². The van der Waals surface area contributed by atoms with Gasteiger partial charge in [0.05, 0.1) is 16.3 Å². The van der Waals surface area contributed by atoms with Crippen molar-refractivity contribution in [2.45, 2.75) is 24.4 Å². The van der Waals surface area contributed by atoms with Gasteiger partial charge in [-0.3, -0.25) is 19.9 Å². The van der Waals surface area contributed by atoms with Crippen molar-refractivity contribution in [2.75, 3.05) is 0 Å². The third-order valence-electron chi connectivity index (χ3n) is 4.21. The predicted molar refractivity (Wildman–Crippen MR) is 83.9 cm³/mol. The van der Waals surface area contributed by atoms with E-state index < -0.39 is 29.0 Å². The zero-order valence-electron chi connectivity index (χ0n) is 12.7. The number of carbonyl (C=O) groups excluding carboxylic acids is 2. The van der Waals surface area contributed by atoms with Gasteiger partial charge in [0.2, 0.25) is 11.8 Å². The average molecular weight is 369 g/mol. The number of alkyl halides is 3. The average Bonchev–Trinajstić information content (AvgIpc) is 2.56. The molecule has 4 nitrogen and oxygen atoms in total. The van der Waals surface area contributed by atoms with Gasteiger partial charge >= 0.3 is 6.18 Å². The molecule has 8 heteroatoms. The van der Waals surface area contributed by atoms with E-state index in [2.05, 4.69) is 10.3 Å². The van der Waals surface area contributed by atoms with Gasteiger partial charge in [0.25, 0.3) is 0 Å². The number of amides is 2. The maximum Gasteiger partial charge on any atom is 0.417 e. The molecule has 1 saturated heterocycles. The number of nitrogens with one attached hydrogen (secondary N) is 1. The quantitative estimate of drug-likeness (QED) is 0.826. The Balaban J connectivity index is 2.20. The van der Waals surface area contributed by atoms with Crippen molar-refractivity contribution in [1.82, 2.24) is 10.3 Å². The maximum atomic E-state index is 12.9. The van der Waals surface area contributed by atoms with Crippen molar-refractivity contribution < 1.29 is 22.8 Å². The van der Waals surface area contributed by atoms with Crippen molar-refractivity contribution in [2.24, 2.45) is 0 Å². The summed E-state index contributed by atoms with van der Waals surface area (Å²) in [6.07, 6.45) is -3.85. The van der Waals surface area contributed by atoms with E-state index in [0.29, 0.717) is 11.8 Å². The summed E-state index contributed by atoms with van der Waals surface area (Å²) in [4.78, 5) is 28.1. The van der Waals surface area contributed by atoms with Crippen LogP contribution < -0.4 is 5.32 Å². The van der Waals surface area contributed by atoms with Crippen LogP contribution in [0.5, 0.6) is 0 Å². The Kier molecular flexibility index (Phi) is 4.28. The molecule has 0 saturated carbocycles. The van der Waals surface area contributed by atoms with E-state index in [1.807, 2.05) is 0 Å². The zero-order valence-corrected chi connectivity index (χ0v) is 13.5. The molecule has 0 unspecified atom stereocenters. The monoisotopic (exact) mass is 368 g/mol. The van der Waals surface area contributed by atoms with Crippen LogP contribution in [0.25, 0.3) is 0 Å². The third-order valence-corrected chi connectivity index (χ3v) is 4.50. The van der Waals surface area contributed by atoms with E-state index in [0.717, 1.165) is 6.07 Å². The highest BCUT2D eigenvalue weighted by Gasteiger charge is 2.48. The smallest absolute Gasteiger partial charge is 0.295 e. The number of rotatable bonds is 2. The minimum atomic E-state index is -4.60. The highest BCUT2D eigenvalue weighted by Crippen LogP contribution is 2.42. The Labute approximate surface area is 146 Å². The third kappa shape index (κ3) is 3.00. The minimum Gasteiger partial charge on any atom is -0.295 e. The molecule has 2 aromatic rings. The van der Waals surface area contributed by atoms with Crippen LogP contribution in [0, 0.1) is 0 Å². The molecule has 0 bridgehead atoms. The SMILES string of the molecule is O=C1CC[C@](c2ccccc2)(c2ncc(C(F)(F)F)cc2Cl)C(=O)N1. The van der Waals surface area contributed by atoms with E-state index in [9.17, 15) is 22.8 Å². The lowest BCUT2D eigenvalue weighted by Gasteiger charge is -2.36. The molecule has 2 heterocycles. The predicted octanol–water partition coefficient (Wildman–Crippen LogP) is 3.48. The van der Waals surface area contributed by atoms with Crippen LogP contribution in [-0.4, -0.2) is 16.8 Å². The summed E-state index contributed by atoms with van der Waals surface area (Å²) in [5.41, 5.74) is -1.92. The van der Waals surface area contributed by atoms with Gasteiger partial charge in [-0.2, -0.15) is 13.2 Å². The molecule has 25 heavy (non-hydrogen) atoms. The first kappa shape index (κ1) is 17.4. The van der Waals surface area contributed by atoms with Gasteiger partial charge in [-0.1, -0.05) is 41.9 Å². The molecule has 1 atom stereocenters. The lowest BCUT2D eigenvalue weighted by atomic mass is 9.71. The second-order valence-electron chi connectivity index (χ2n) is 5.70. The van der Waals surface area contributed by atoms with Gasteiger partial charge in [0, 0.05) is 12.6 Å². The molecule has 1 N–H and O–H groups in total. The number of carbonyl (C=O) groups is 2. The fourth-order valence-corrected chi connectivity index (χ4v) is 3.31. The molecule has 0 radical (unpaired) electrons. The van der Waals surface area contributed by atoms with E-state index >= 15 is 0 Å². The highest BCUT2D eigenvalue weighted by atomic mass is 35.5. The molecular formula is C17H12ClF3N2O2. The van der Waals surface area contributed by atoms with Crippen LogP contribution in [-0.2, 0) is 21.2 Å². The Morgan fingerprint density at radius 1 is 1.16 bits per heavy atom. The largest absolute Gasteiger partial charge is 0.417 e. The summed E-state index contributed by atoms with van der Waals surface area (Å²) in [5.74, 6) is -1.09. The number of benzene rings is 1. The number of hydrogen-bond donors (Lipinski definition) is 1. The number of imide groups is 1. The number of nitrogens with zero attached hydrogens (tertiary/aromatic N) is 1. The summed E-state index contributed by atoms with van der Waals surface area (Å²) in [7, 11) is 0. The number of hydrogen-bond acceptors (Lipinski definition) is 3. The lowest BCUT2D eigenvalue weighted by Crippen LogP contribution is -2.52. The summed E-state index contributed by atoms with van der Waals surface area (Å²) >= 11 is 6.08. The highest BCUT2D eigenvalue weighted by molar-refractivity contribution is 6.32. The van der Waals surface area contributed by atoms with Gasteiger partial charge in [-0.05, 0) is 18.1 Å². The van der Waals surface area contributed by atoms with Gasteiger partial charge in [0.15, 0.2) is 0 Å². The molecular weight excluding hydrogens is 357 g/mol. The fraction of sp³-hybridized carbons (Fsp3) is 0.235. The standard InChI is InChI=1S/C17H12ClF3N2O2/c18-12-8-11(17(19,20)21)9-22-14(12)16(10-4-2-1-3-5-10)7-6-13(24)23-15(16)25/h1-5,8-9H,6-7H2,(H,23,24,25)/t16-/m0/s1. The molecule has 0 aliphatic carbocycles. The molecule has 1 aliphatic rings. The molecule has 1 aromatic heterocycles. The summed E-state index contributed by atoms with van der Waals surface area (Å²) in [6, 6.07) is 9.19. The van der Waals surface area contributed by atoms with Gasteiger partial charge < -0.3 is 0 Å². The van der Waals surface area contributed by atoms with Crippen molar-refractivity contribution in [1.29, 1.82) is 0 Å². The van der Waals surface area contributed by atoms with Crippen LogP contribution in [0.15, 0.2) is 42.6 Å². The van der Waals surface area contributed by atoms with Crippen LogP contribution in [0.3, 0.4) is 0 Å². The second kappa shape index (κ2) is 6.15. The summed E-state index contributed by atoms with van der Waals surface area (Å²) in [6.45, 7) is 0. The minimum absolute atomic E-state index is 0.00151. The van der Waals surface area contributed by atoms with Crippen molar-refractivity contribution in [3.05, 3.63) is 64.4 Å². The number of halogens is 4. The molecule has 0 spiro atoms. The fourth-order valence-electron chi connectivity index (χ4n) is 2.98. The van der Waals surface area contributed by atoms with Gasteiger partial charge in [-0.15, -0.1) is 0 Å². The molecule has 130 valence electrons. The maximum absolute atomic E-state index is 12.9. The van der Waals surface area contributed by atoms with E-state index in [1.165, 1.54) is 0 Å². The van der Waals surface area contributed by atoms with Gasteiger partial charge in [-0.25, -0.2) is 0 Å². The summed E-state index contributed by atoms with van der Waals surface area (Å²) in [5, 5.41) is 1.97. The van der Waals surface area contributed by atoms with Crippen LogP contribution >= 0.6 is 11.6 Å². The Morgan fingerprint density at radius 3 is 2.40 bits per heavy atom. The van der Waals surface area contributed by atoms with Crippen molar-refractivity contribution in [3.63, 3.8) is 0 Å². The normalized spacial score (nSPS) is 21.1. The number of pyridine rings is 1. The molecule has 3 rings (SSSR count). The molecule has 1 aliphatic heterocycles. The number of aromatic nitrogens is 1. The van der Waals surface area contributed by atoms with Crippen LogP contribution in [0.4, 0.5) is 13.2 Å². The number of piperidine rings is 1. The van der Waals surface area contributed by atoms with Gasteiger partial charge in [0.1, 0.15) is 5.41 Å². The summed E-state index contributed by atoms with van der Waals surface area (Å²) < 4.78 is 38.6. The Bertz CT molecular complexity index is 840. The first-order chi connectivity index (χ1) is 11.7. The first-order valence-electron chi connectivity index (χ1n) is 7.38. The molecule has 1 fully saturated rings. The Morgan fingerprint density at radius 2 is 1.84 bits per heavy atom. The van der Waals surface area contributed by atoms with Crippen molar-refractivity contribution >= 4 is 23.4 Å². The molecule has 1 aromatic carbocycles. The van der Waals surface area contributed by atoms with E-state index in [-0.39, 0.29) is 23.6 Å².